The van der Waals surface area contributed by atoms with Gasteiger partial charge in [0, 0.05) is 6.42 Å². The average molecular weight is 329 g/mol. The summed E-state index contributed by atoms with van der Waals surface area (Å²) in [5, 5.41) is 8.73. The number of fused-ring (bicyclic) bond motifs is 1. The molecule has 0 saturated heterocycles. The van der Waals surface area contributed by atoms with E-state index in [9.17, 15) is 4.79 Å². The number of hydrogen-bond acceptors (Lipinski definition) is 3. The molecule has 0 aromatic heterocycles. The molecule has 19 heavy (non-hydrogen) atoms. The Morgan fingerprint density at radius 3 is 2.84 bits per heavy atom. The van der Waals surface area contributed by atoms with Crippen molar-refractivity contribution in [2.45, 2.75) is 39.0 Å². The highest BCUT2D eigenvalue weighted by atomic mass is 79.9. The fourth-order valence-corrected chi connectivity index (χ4v) is 3.35. The Hall–Kier alpha value is -1.23. The molecule has 1 heterocycles. The second kappa shape index (κ2) is 5.82. The highest BCUT2D eigenvalue weighted by molar-refractivity contribution is 9.10. The molecule has 2 rings (SSSR count). The molecular formula is C14H17BrO4. The van der Waals surface area contributed by atoms with Gasteiger partial charge in [-0.05, 0) is 51.9 Å². The van der Waals surface area contributed by atoms with E-state index in [1.54, 1.807) is 0 Å². The van der Waals surface area contributed by atoms with E-state index in [-0.39, 0.29) is 13.2 Å². The van der Waals surface area contributed by atoms with Gasteiger partial charge in [-0.25, -0.2) is 0 Å². The third-order valence-corrected chi connectivity index (χ3v) is 3.93. The van der Waals surface area contributed by atoms with Crippen LogP contribution >= 0.6 is 15.9 Å². The van der Waals surface area contributed by atoms with Gasteiger partial charge in [-0.3, -0.25) is 4.79 Å². The van der Waals surface area contributed by atoms with Crippen molar-refractivity contribution in [3.8, 4) is 11.5 Å². The van der Waals surface area contributed by atoms with Gasteiger partial charge >= 0.3 is 5.97 Å². The van der Waals surface area contributed by atoms with Crippen molar-refractivity contribution in [1.29, 1.82) is 0 Å². The number of rotatable bonds is 5. The average Bonchev–Trinajstić information content (AvgIpc) is 2.76. The van der Waals surface area contributed by atoms with Crippen molar-refractivity contribution >= 4 is 21.9 Å². The number of hydrogen-bond donors (Lipinski definition) is 1. The minimum atomic E-state index is -0.758. The van der Waals surface area contributed by atoms with Gasteiger partial charge in [-0.15, -0.1) is 0 Å². The first-order valence-corrected chi connectivity index (χ1v) is 7.12. The molecule has 1 N–H and O–H groups in total. The zero-order valence-electron chi connectivity index (χ0n) is 11.0. The van der Waals surface area contributed by atoms with Gasteiger partial charge in [-0.1, -0.05) is 13.8 Å². The third kappa shape index (κ3) is 3.03. The number of aryl methyl sites for hydroxylation is 1. The number of carboxylic acids is 1. The number of benzene rings is 1. The van der Waals surface area contributed by atoms with E-state index < -0.39 is 5.97 Å². The van der Waals surface area contributed by atoms with Gasteiger partial charge in [0.15, 0.2) is 11.5 Å². The molecule has 0 atom stereocenters. The molecule has 0 fully saturated rings. The largest absolute Gasteiger partial charge is 0.481 e. The molecule has 1 aromatic rings. The van der Waals surface area contributed by atoms with Crippen LogP contribution in [-0.2, 0) is 11.2 Å². The topological polar surface area (TPSA) is 55.8 Å². The number of halogens is 1. The molecule has 1 aromatic carbocycles. The van der Waals surface area contributed by atoms with Crippen LogP contribution in [0, 0.1) is 0 Å². The summed E-state index contributed by atoms with van der Waals surface area (Å²) in [4.78, 5) is 10.6. The monoisotopic (exact) mass is 328 g/mol. The molecule has 4 nitrogen and oxygen atoms in total. The summed E-state index contributed by atoms with van der Waals surface area (Å²) in [5.41, 5.74) is 2.31. The highest BCUT2D eigenvalue weighted by Gasteiger charge is 2.24. The molecule has 0 bridgehead atoms. The molecule has 5 heteroatoms. The first kappa shape index (κ1) is 14.2. The Labute approximate surface area is 120 Å². The van der Waals surface area contributed by atoms with Crippen LogP contribution in [0.2, 0.25) is 0 Å². The predicted molar refractivity (Wildman–Crippen MR) is 74.9 cm³/mol. The minimum Gasteiger partial charge on any atom is -0.481 e. The zero-order valence-corrected chi connectivity index (χ0v) is 12.6. The molecule has 0 aliphatic carbocycles. The van der Waals surface area contributed by atoms with Gasteiger partial charge in [0.2, 0.25) is 6.79 Å². The Kier molecular flexibility index (Phi) is 4.34. The van der Waals surface area contributed by atoms with Crippen molar-refractivity contribution in [3.63, 3.8) is 0 Å². The molecule has 1 aliphatic rings. The van der Waals surface area contributed by atoms with Crippen LogP contribution in [0.1, 0.15) is 43.7 Å². The maximum Gasteiger partial charge on any atom is 0.303 e. The van der Waals surface area contributed by atoms with Crippen LogP contribution in [0.4, 0.5) is 0 Å². The third-order valence-electron chi connectivity index (χ3n) is 3.14. The first-order chi connectivity index (χ1) is 9.00. The summed E-state index contributed by atoms with van der Waals surface area (Å²) >= 11 is 3.58. The van der Waals surface area contributed by atoms with E-state index in [1.165, 1.54) is 5.56 Å². The lowest BCUT2D eigenvalue weighted by atomic mass is 9.93. The van der Waals surface area contributed by atoms with Crippen molar-refractivity contribution < 1.29 is 19.4 Å². The second-order valence-corrected chi connectivity index (χ2v) is 5.69. The lowest BCUT2D eigenvalue weighted by molar-refractivity contribution is -0.137. The van der Waals surface area contributed by atoms with Gasteiger partial charge < -0.3 is 14.6 Å². The summed E-state index contributed by atoms with van der Waals surface area (Å²) in [5.74, 6) is 1.07. The van der Waals surface area contributed by atoms with Gasteiger partial charge in [0.1, 0.15) is 0 Å². The molecular weight excluding hydrogens is 312 g/mol. The maximum atomic E-state index is 10.6. The summed E-state index contributed by atoms with van der Waals surface area (Å²) in [7, 11) is 0. The molecule has 104 valence electrons. The van der Waals surface area contributed by atoms with E-state index in [0.717, 1.165) is 28.0 Å². The van der Waals surface area contributed by atoms with Crippen molar-refractivity contribution in [2.24, 2.45) is 0 Å². The molecule has 1 aliphatic heterocycles. The van der Waals surface area contributed by atoms with Crippen molar-refractivity contribution in [3.05, 3.63) is 21.7 Å². The normalized spacial score (nSPS) is 13.1. The standard InChI is InChI=1S/C14H17BrO4/c1-8(2)12-9(4-3-5-11(16)17)6-10-14(13(12)15)19-7-18-10/h6,8H,3-5,7H2,1-2H3,(H,16,17). The van der Waals surface area contributed by atoms with E-state index in [2.05, 4.69) is 29.8 Å². The Balaban J connectivity index is 2.30. The molecule has 0 amide bonds. The Morgan fingerprint density at radius 2 is 2.21 bits per heavy atom. The number of carboxylic acid groups (broad SMARTS) is 1. The maximum absolute atomic E-state index is 10.6. The van der Waals surface area contributed by atoms with E-state index in [1.807, 2.05) is 6.07 Å². The van der Waals surface area contributed by atoms with Crippen LogP contribution in [-0.4, -0.2) is 17.9 Å². The van der Waals surface area contributed by atoms with E-state index in [0.29, 0.717) is 12.3 Å². The van der Waals surface area contributed by atoms with E-state index >= 15 is 0 Å². The summed E-state index contributed by atoms with van der Waals surface area (Å²) < 4.78 is 11.8. The fourth-order valence-electron chi connectivity index (χ4n) is 2.33. The number of carbonyl (C=O) groups is 1. The summed E-state index contributed by atoms with van der Waals surface area (Å²) in [6.45, 7) is 4.47. The first-order valence-electron chi connectivity index (χ1n) is 6.33. The Morgan fingerprint density at radius 1 is 1.47 bits per heavy atom. The van der Waals surface area contributed by atoms with Crippen LogP contribution < -0.4 is 9.47 Å². The molecule has 0 spiro atoms. The van der Waals surface area contributed by atoms with Crippen LogP contribution in [0.3, 0.4) is 0 Å². The molecule has 0 unspecified atom stereocenters. The summed E-state index contributed by atoms with van der Waals surface area (Å²) in [6, 6.07) is 1.98. The van der Waals surface area contributed by atoms with Crippen LogP contribution in [0.5, 0.6) is 11.5 Å². The molecule has 0 radical (unpaired) electrons. The molecule has 0 saturated carbocycles. The lowest BCUT2D eigenvalue weighted by Gasteiger charge is -2.16. The van der Waals surface area contributed by atoms with Gasteiger partial charge in [0.25, 0.3) is 0 Å². The fraction of sp³-hybridized carbons (Fsp3) is 0.500. The summed E-state index contributed by atoms with van der Waals surface area (Å²) in [6.07, 6.45) is 1.54. The SMILES string of the molecule is CC(C)c1c(CCCC(=O)O)cc2c(c1Br)OCO2. The van der Waals surface area contributed by atoms with Gasteiger partial charge in [0.05, 0.1) is 4.47 Å². The van der Waals surface area contributed by atoms with Crippen LogP contribution in [0.25, 0.3) is 0 Å². The predicted octanol–water partition coefficient (Wildman–Crippen LogP) is 3.71. The zero-order chi connectivity index (χ0) is 14.0. The Bertz CT molecular complexity index is 497. The van der Waals surface area contributed by atoms with E-state index in [4.69, 9.17) is 14.6 Å². The van der Waals surface area contributed by atoms with Crippen molar-refractivity contribution in [2.75, 3.05) is 6.79 Å². The quantitative estimate of drug-likeness (QED) is 0.895. The lowest BCUT2D eigenvalue weighted by Crippen LogP contribution is -2.01. The highest BCUT2D eigenvalue weighted by Crippen LogP contribution is 2.45. The number of aliphatic carboxylic acids is 1. The van der Waals surface area contributed by atoms with Gasteiger partial charge in [-0.2, -0.15) is 0 Å². The minimum absolute atomic E-state index is 0.184. The second-order valence-electron chi connectivity index (χ2n) is 4.90. The van der Waals surface area contributed by atoms with Crippen molar-refractivity contribution in [1.82, 2.24) is 0 Å². The smallest absolute Gasteiger partial charge is 0.303 e. The van der Waals surface area contributed by atoms with Crippen LogP contribution in [0.15, 0.2) is 10.5 Å². The number of ether oxygens (including phenoxy) is 2.